The summed E-state index contributed by atoms with van der Waals surface area (Å²) in [5, 5.41) is 0. The summed E-state index contributed by atoms with van der Waals surface area (Å²) in [6.07, 6.45) is 1.97. The zero-order valence-electron chi connectivity index (χ0n) is 10.4. The summed E-state index contributed by atoms with van der Waals surface area (Å²) in [5.41, 5.74) is -1.12. The molecule has 0 aromatic rings. The van der Waals surface area contributed by atoms with Gasteiger partial charge in [0, 0.05) is 6.42 Å². The number of carbonyl (C=O) groups is 1. The van der Waals surface area contributed by atoms with Gasteiger partial charge < -0.3 is 12.4 Å². The van der Waals surface area contributed by atoms with Gasteiger partial charge in [0.1, 0.15) is 5.78 Å². The molecular formula is C10H16ClNaO4S. The van der Waals surface area contributed by atoms with Crippen LogP contribution < -0.4 is 42.0 Å². The van der Waals surface area contributed by atoms with Gasteiger partial charge in [-0.15, -0.1) is 0 Å². The van der Waals surface area contributed by atoms with E-state index in [1.807, 2.05) is 13.8 Å². The molecule has 2 aliphatic rings. The van der Waals surface area contributed by atoms with Crippen molar-refractivity contribution in [1.29, 1.82) is 0 Å². The van der Waals surface area contributed by atoms with E-state index in [1.54, 1.807) is 0 Å². The third kappa shape index (κ3) is 2.60. The zero-order chi connectivity index (χ0) is 11.5. The van der Waals surface area contributed by atoms with Crippen molar-refractivity contribution in [2.45, 2.75) is 33.1 Å². The Morgan fingerprint density at radius 3 is 2.24 bits per heavy atom. The predicted octanol–water partition coefficient (Wildman–Crippen LogP) is -4.72. The predicted molar refractivity (Wildman–Crippen MR) is 55.0 cm³/mol. The second-order valence-corrected chi connectivity index (χ2v) is 6.85. The monoisotopic (exact) mass is 290 g/mol. The molecule has 17 heavy (non-hydrogen) atoms. The van der Waals surface area contributed by atoms with Crippen LogP contribution >= 0.6 is 0 Å². The summed E-state index contributed by atoms with van der Waals surface area (Å²) in [6.45, 7) is 3.89. The quantitative estimate of drug-likeness (QED) is 0.410. The Balaban J connectivity index is 0.00000128. The van der Waals surface area contributed by atoms with E-state index < -0.39 is 21.3 Å². The van der Waals surface area contributed by atoms with Crippen LogP contribution in [0.5, 0.6) is 0 Å². The number of carbonyl (C=O) groups excluding carboxylic acids is 1. The molecule has 0 aliphatic heterocycles. The minimum atomic E-state index is -4.08. The van der Waals surface area contributed by atoms with Crippen LogP contribution in [0.15, 0.2) is 0 Å². The minimum absolute atomic E-state index is 0. The standard InChI is InChI=1S/C10H16O4S.ClH.Na/c1-9(2)7-3-4-10(9,8(11)5-7)6-15(12,13)14;;/h7H,3-6H2,1-2H3,(H,12,13,14);1H;/q;;+1/p-1. The van der Waals surface area contributed by atoms with E-state index in [2.05, 4.69) is 0 Å². The molecule has 2 saturated carbocycles. The van der Waals surface area contributed by atoms with Gasteiger partial charge in [-0.25, -0.2) is 0 Å². The van der Waals surface area contributed by atoms with E-state index in [1.165, 1.54) is 0 Å². The Kier molecular flexibility index (Phi) is 5.36. The largest absolute Gasteiger partial charge is 1.00 e. The molecule has 2 bridgehead atoms. The molecule has 4 nitrogen and oxygen atoms in total. The van der Waals surface area contributed by atoms with Crippen LogP contribution in [-0.4, -0.2) is 24.5 Å². The molecule has 94 valence electrons. The van der Waals surface area contributed by atoms with Crippen molar-refractivity contribution >= 4 is 15.9 Å². The van der Waals surface area contributed by atoms with E-state index in [9.17, 15) is 13.2 Å². The van der Waals surface area contributed by atoms with E-state index in [-0.39, 0.29) is 59.1 Å². The molecule has 0 radical (unpaired) electrons. The normalized spacial score (nSPS) is 34.1. The van der Waals surface area contributed by atoms with Crippen molar-refractivity contribution in [3.63, 3.8) is 0 Å². The fourth-order valence-electron chi connectivity index (χ4n) is 3.42. The molecule has 0 spiro atoms. The van der Waals surface area contributed by atoms with E-state index in [0.717, 1.165) is 6.42 Å². The molecule has 0 aromatic heterocycles. The van der Waals surface area contributed by atoms with Crippen LogP contribution in [0.3, 0.4) is 0 Å². The van der Waals surface area contributed by atoms with E-state index in [4.69, 9.17) is 4.55 Å². The average Bonchev–Trinajstić information content (AvgIpc) is 2.34. The zero-order valence-corrected chi connectivity index (χ0v) is 13.9. The van der Waals surface area contributed by atoms with Gasteiger partial charge in [0.25, 0.3) is 10.1 Å². The molecule has 1 N–H and O–H groups in total. The van der Waals surface area contributed by atoms with Gasteiger partial charge in [-0.05, 0) is 24.2 Å². The van der Waals surface area contributed by atoms with Gasteiger partial charge in [0.15, 0.2) is 0 Å². The number of Topliss-reactive ketones (excluding diaryl/α,β-unsaturated/α-hetero) is 1. The van der Waals surface area contributed by atoms with Crippen LogP contribution in [0.2, 0.25) is 0 Å². The van der Waals surface area contributed by atoms with Gasteiger partial charge in [-0.2, -0.15) is 8.42 Å². The molecule has 0 aromatic carbocycles. The van der Waals surface area contributed by atoms with Crippen LogP contribution in [0.4, 0.5) is 0 Å². The summed E-state index contributed by atoms with van der Waals surface area (Å²) in [4.78, 5) is 11.9. The number of hydrogen-bond acceptors (Lipinski definition) is 3. The molecule has 2 rings (SSSR count). The summed E-state index contributed by atoms with van der Waals surface area (Å²) in [6, 6.07) is 0. The molecule has 2 aliphatic carbocycles. The SMILES string of the molecule is CC1(C)C2CCC1(CS(=O)(=O)O)C(=O)C2.[Cl-].[Na+]. The van der Waals surface area contributed by atoms with Crippen molar-refractivity contribution in [2.24, 2.45) is 16.7 Å². The van der Waals surface area contributed by atoms with Crippen molar-refractivity contribution in [1.82, 2.24) is 0 Å². The van der Waals surface area contributed by atoms with Gasteiger partial charge in [0.2, 0.25) is 0 Å². The topological polar surface area (TPSA) is 71.4 Å². The third-order valence-corrected chi connectivity index (χ3v) is 5.43. The second kappa shape index (κ2) is 5.10. The number of halogens is 1. The van der Waals surface area contributed by atoms with E-state index >= 15 is 0 Å². The smallest absolute Gasteiger partial charge is 1.00 e. The molecule has 2 fully saturated rings. The van der Waals surface area contributed by atoms with Crippen LogP contribution in [0, 0.1) is 16.7 Å². The first kappa shape index (κ1) is 17.9. The van der Waals surface area contributed by atoms with Gasteiger partial charge in [-0.1, -0.05) is 13.8 Å². The third-order valence-electron chi connectivity index (χ3n) is 4.57. The van der Waals surface area contributed by atoms with Crippen molar-refractivity contribution < 1.29 is 59.7 Å². The fraction of sp³-hybridized carbons (Fsp3) is 0.900. The van der Waals surface area contributed by atoms with Crippen LogP contribution in [-0.2, 0) is 14.9 Å². The Hall–Kier alpha value is 0.870. The van der Waals surface area contributed by atoms with Gasteiger partial charge in [-0.3, -0.25) is 9.35 Å². The van der Waals surface area contributed by atoms with Crippen LogP contribution in [0.1, 0.15) is 33.1 Å². The fourth-order valence-corrected chi connectivity index (χ4v) is 4.72. The number of hydrogen-bond donors (Lipinski definition) is 1. The molecule has 7 heteroatoms. The number of fused-ring (bicyclic) bond motifs is 2. The van der Waals surface area contributed by atoms with Gasteiger partial charge in [0.05, 0.1) is 11.2 Å². The Morgan fingerprint density at radius 1 is 1.41 bits per heavy atom. The number of rotatable bonds is 2. The van der Waals surface area contributed by atoms with Crippen molar-refractivity contribution in [3.8, 4) is 0 Å². The van der Waals surface area contributed by atoms with Crippen LogP contribution in [0.25, 0.3) is 0 Å². The molecule has 2 atom stereocenters. The molecular weight excluding hydrogens is 275 g/mol. The summed E-state index contributed by atoms with van der Waals surface area (Å²) in [7, 11) is -4.08. The second-order valence-electron chi connectivity index (χ2n) is 5.39. The summed E-state index contributed by atoms with van der Waals surface area (Å²) >= 11 is 0. The average molecular weight is 291 g/mol. The molecule has 0 saturated heterocycles. The first-order valence-electron chi connectivity index (χ1n) is 5.17. The maximum absolute atomic E-state index is 11.9. The Labute approximate surface area is 130 Å². The van der Waals surface area contributed by atoms with Crippen molar-refractivity contribution in [3.05, 3.63) is 0 Å². The first-order valence-corrected chi connectivity index (χ1v) is 6.78. The van der Waals surface area contributed by atoms with E-state index in [0.29, 0.717) is 12.8 Å². The van der Waals surface area contributed by atoms with Crippen molar-refractivity contribution in [2.75, 3.05) is 5.75 Å². The van der Waals surface area contributed by atoms with Gasteiger partial charge >= 0.3 is 29.6 Å². The minimum Gasteiger partial charge on any atom is -1.00 e. The number of ketones is 1. The maximum Gasteiger partial charge on any atom is 1.00 e. The molecule has 2 unspecified atom stereocenters. The summed E-state index contributed by atoms with van der Waals surface area (Å²) < 4.78 is 31.0. The molecule has 0 amide bonds. The summed E-state index contributed by atoms with van der Waals surface area (Å²) in [5.74, 6) is -0.101. The Bertz CT molecular complexity index is 420. The first-order chi connectivity index (χ1) is 6.69. The molecule has 0 heterocycles. The Morgan fingerprint density at radius 2 is 1.94 bits per heavy atom. The maximum atomic E-state index is 11.9.